The highest BCUT2D eigenvalue weighted by atomic mass is 32.2. The van der Waals surface area contributed by atoms with Crippen LogP contribution < -0.4 is 5.32 Å². The van der Waals surface area contributed by atoms with Gasteiger partial charge in [0.25, 0.3) is 0 Å². The second-order valence-electron chi connectivity index (χ2n) is 5.14. The molecule has 0 saturated carbocycles. The topological polar surface area (TPSA) is 64.0 Å². The molecule has 1 aromatic carbocycles. The number of nitrogens with one attached hydrogen (secondary N) is 1. The molecular formula is C14H17N3O2S. The summed E-state index contributed by atoms with van der Waals surface area (Å²) in [6, 6.07) is 6.93. The molecule has 3 rings (SSSR count). The van der Waals surface area contributed by atoms with Crippen molar-refractivity contribution in [3.8, 4) is 5.69 Å². The van der Waals surface area contributed by atoms with E-state index in [4.69, 9.17) is 0 Å². The van der Waals surface area contributed by atoms with Crippen LogP contribution in [0.1, 0.15) is 18.0 Å². The zero-order valence-corrected chi connectivity index (χ0v) is 12.1. The molecule has 1 atom stereocenters. The predicted octanol–water partition coefficient (Wildman–Crippen LogP) is 1.35. The molecule has 106 valence electrons. The van der Waals surface area contributed by atoms with E-state index >= 15 is 0 Å². The Morgan fingerprint density at radius 2 is 2.05 bits per heavy atom. The fraction of sp³-hybridized carbons (Fsp3) is 0.357. The monoisotopic (exact) mass is 291 g/mol. The van der Waals surface area contributed by atoms with Gasteiger partial charge in [-0.2, -0.15) is 0 Å². The summed E-state index contributed by atoms with van der Waals surface area (Å²) in [7, 11) is -3.15. The van der Waals surface area contributed by atoms with Gasteiger partial charge >= 0.3 is 0 Å². The van der Waals surface area contributed by atoms with Gasteiger partial charge in [-0.05, 0) is 37.2 Å². The lowest BCUT2D eigenvalue weighted by atomic mass is 10.1. The molecule has 6 heteroatoms. The molecule has 0 aliphatic carbocycles. The van der Waals surface area contributed by atoms with Gasteiger partial charge in [-0.3, -0.25) is 0 Å². The minimum atomic E-state index is -3.15. The number of imidazole rings is 1. The van der Waals surface area contributed by atoms with Crippen molar-refractivity contribution in [3.63, 3.8) is 0 Å². The van der Waals surface area contributed by atoms with Crippen molar-refractivity contribution in [1.29, 1.82) is 0 Å². The highest BCUT2D eigenvalue weighted by molar-refractivity contribution is 7.90. The molecule has 1 aromatic heterocycles. The maximum absolute atomic E-state index is 11.5. The lowest BCUT2D eigenvalue weighted by Crippen LogP contribution is -2.10. The summed E-state index contributed by atoms with van der Waals surface area (Å²) in [5.41, 5.74) is 2.11. The molecule has 0 radical (unpaired) electrons. The third-order valence-electron chi connectivity index (χ3n) is 3.69. The van der Waals surface area contributed by atoms with Crippen molar-refractivity contribution in [1.82, 2.24) is 14.9 Å². The van der Waals surface area contributed by atoms with Crippen LogP contribution in [0.25, 0.3) is 5.69 Å². The smallest absolute Gasteiger partial charge is 0.175 e. The summed E-state index contributed by atoms with van der Waals surface area (Å²) < 4.78 is 25.0. The van der Waals surface area contributed by atoms with E-state index in [-0.39, 0.29) is 0 Å². The van der Waals surface area contributed by atoms with Crippen LogP contribution in [-0.4, -0.2) is 37.3 Å². The van der Waals surface area contributed by atoms with Crippen molar-refractivity contribution in [2.75, 3.05) is 19.3 Å². The fourth-order valence-corrected chi connectivity index (χ4v) is 3.21. The van der Waals surface area contributed by atoms with E-state index in [9.17, 15) is 8.42 Å². The van der Waals surface area contributed by atoms with Gasteiger partial charge in [-0.15, -0.1) is 0 Å². The van der Waals surface area contributed by atoms with Crippen molar-refractivity contribution >= 4 is 9.84 Å². The van der Waals surface area contributed by atoms with E-state index < -0.39 is 9.84 Å². The van der Waals surface area contributed by atoms with Crippen molar-refractivity contribution in [2.24, 2.45) is 0 Å². The van der Waals surface area contributed by atoms with E-state index in [1.807, 2.05) is 22.9 Å². The van der Waals surface area contributed by atoms with Gasteiger partial charge in [-0.1, -0.05) is 0 Å². The molecule has 0 amide bonds. The number of hydrogen-bond acceptors (Lipinski definition) is 4. The third-order valence-corrected chi connectivity index (χ3v) is 4.82. The van der Waals surface area contributed by atoms with E-state index in [0.717, 1.165) is 25.2 Å². The maximum atomic E-state index is 11.5. The molecule has 1 aliphatic heterocycles. The second kappa shape index (κ2) is 5.03. The van der Waals surface area contributed by atoms with Crippen LogP contribution >= 0.6 is 0 Å². The average molecular weight is 291 g/mol. The van der Waals surface area contributed by atoms with Crippen molar-refractivity contribution < 1.29 is 8.42 Å². The minimum absolute atomic E-state index is 0.338. The SMILES string of the molecule is CS(=O)(=O)c1ccc(-n2cncc2C2CCNC2)cc1. The Kier molecular flexibility index (Phi) is 3.35. The quantitative estimate of drug-likeness (QED) is 0.927. The first kappa shape index (κ1) is 13.3. The summed E-state index contributed by atoms with van der Waals surface area (Å²) in [6.45, 7) is 2.00. The Balaban J connectivity index is 1.95. The molecule has 2 heterocycles. The summed E-state index contributed by atoms with van der Waals surface area (Å²) in [5, 5.41) is 3.35. The minimum Gasteiger partial charge on any atom is -0.316 e. The molecule has 1 N–H and O–H groups in total. The molecule has 2 aromatic rings. The lowest BCUT2D eigenvalue weighted by Gasteiger charge is -2.13. The fourth-order valence-electron chi connectivity index (χ4n) is 2.58. The summed E-state index contributed by atoms with van der Waals surface area (Å²) in [4.78, 5) is 4.57. The van der Waals surface area contributed by atoms with E-state index in [1.54, 1.807) is 18.5 Å². The lowest BCUT2D eigenvalue weighted by molar-refractivity contribution is 0.602. The molecular weight excluding hydrogens is 274 g/mol. The Morgan fingerprint density at radius 1 is 1.30 bits per heavy atom. The molecule has 0 spiro atoms. The largest absolute Gasteiger partial charge is 0.316 e. The number of sulfone groups is 1. The van der Waals surface area contributed by atoms with Gasteiger partial charge in [0.05, 0.1) is 11.2 Å². The highest BCUT2D eigenvalue weighted by Crippen LogP contribution is 2.25. The molecule has 1 aliphatic rings. The van der Waals surface area contributed by atoms with Gasteiger partial charge in [0.15, 0.2) is 9.84 Å². The van der Waals surface area contributed by atoms with Crippen LogP contribution in [0.15, 0.2) is 41.7 Å². The first-order valence-corrected chi connectivity index (χ1v) is 8.48. The second-order valence-corrected chi connectivity index (χ2v) is 7.16. The van der Waals surface area contributed by atoms with Crippen LogP contribution in [0.3, 0.4) is 0 Å². The van der Waals surface area contributed by atoms with Gasteiger partial charge in [-0.25, -0.2) is 13.4 Å². The highest BCUT2D eigenvalue weighted by Gasteiger charge is 2.20. The average Bonchev–Trinajstić information content (AvgIpc) is 3.08. The summed E-state index contributed by atoms with van der Waals surface area (Å²) >= 11 is 0. The zero-order valence-electron chi connectivity index (χ0n) is 11.3. The van der Waals surface area contributed by atoms with Crippen LogP contribution in [0.2, 0.25) is 0 Å². The molecule has 1 unspecified atom stereocenters. The van der Waals surface area contributed by atoms with E-state index in [0.29, 0.717) is 10.8 Å². The molecule has 1 saturated heterocycles. The molecule has 20 heavy (non-hydrogen) atoms. The van der Waals surface area contributed by atoms with Crippen LogP contribution in [0.5, 0.6) is 0 Å². The van der Waals surface area contributed by atoms with Crippen LogP contribution in [-0.2, 0) is 9.84 Å². The Labute approximate surface area is 118 Å². The van der Waals surface area contributed by atoms with E-state index in [1.165, 1.54) is 11.9 Å². The Hall–Kier alpha value is -1.66. The standard InChI is InChI=1S/C14H17N3O2S/c1-20(18,19)13-4-2-12(3-5-13)17-10-16-9-14(17)11-6-7-15-8-11/h2-5,9-11,15H,6-8H2,1H3. The first-order chi connectivity index (χ1) is 9.55. The first-order valence-electron chi connectivity index (χ1n) is 6.59. The van der Waals surface area contributed by atoms with Crippen molar-refractivity contribution in [2.45, 2.75) is 17.2 Å². The molecule has 1 fully saturated rings. The number of rotatable bonds is 3. The third kappa shape index (κ3) is 2.48. The van der Waals surface area contributed by atoms with Gasteiger partial charge < -0.3 is 9.88 Å². The number of nitrogens with zero attached hydrogens (tertiary/aromatic N) is 2. The van der Waals surface area contributed by atoms with Gasteiger partial charge in [0, 0.05) is 36.3 Å². The van der Waals surface area contributed by atoms with Crippen molar-refractivity contribution in [3.05, 3.63) is 42.5 Å². The molecule has 0 bridgehead atoms. The van der Waals surface area contributed by atoms with Crippen LogP contribution in [0, 0.1) is 0 Å². The summed E-state index contributed by atoms with van der Waals surface area (Å²) in [6.07, 6.45) is 5.99. The molecule has 5 nitrogen and oxygen atoms in total. The summed E-state index contributed by atoms with van der Waals surface area (Å²) in [5.74, 6) is 0.465. The number of aromatic nitrogens is 2. The zero-order chi connectivity index (χ0) is 14.2. The number of hydrogen-bond donors (Lipinski definition) is 1. The number of benzene rings is 1. The predicted molar refractivity (Wildman–Crippen MR) is 76.9 cm³/mol. The van der Waals surface area contributed by atoms with E-state index in [2.05, 4.69) is 10.3 Å². The maximum Gasteiger partial charge on any atom is 0.175 e. The Bertz CT molecular complexity index is 698. The van der Waals surface area contributed by atoms with Gasteiger partial charge in [0.1, 0.15) is 0 Å². The Morgan fingerprint density at radius 3 is 2.65 bits per heavy atom. The normalized spacial score (nSPS) is 19.4. The van der Waals surface area contributed by atoms with Gasteiger partial charge in [0.2, 0.25) is 0 Å². The van der Waals surface area contributed by atoms with Crippen LogP contribution in [0.4, 0.5) is 0 Å².